The Bertz CT molecular complexity index is 785. The second-order valence-corrected chi connectivity index (χ2v) is 5.77. The molecule has 2 aromatic carbocycles. The van der Waals surface area contributed by atoms with Gasteiger partial charge in [-0.3, -0.25) is 4.79 Å². The van der Waals surface area contributed by atoms with Gasteiger partial charge in [0, 0.05) is 12.0 Å². The molecule has 0 spiro atoms. The van der Waals surface area contributed by atoms with E-state index in [-0.39, 0.29) is 12.2 Å². The van der Waals surface area contributed by atoms with E-state index in [9.17, 15) is 9.90 Å². The highest BCUT2D eigenvalue weighted by molar-refractivity contribution is 6.21. The third-order valence-corrected chi connectivity index (χ3v) is 4.54. The molecule has 0 unspecified atom stereocenters. The number of anilines is 1. The highest BCUT2D eigenvalue weighted by atomic mass is 16.3. The van der Waals surface area contributed by atoms with Crippen molar-refractivity contribution in [1.82, 2.24) is 0 Å². The minimum absolute atomic E-state index is 0.0302. The van der Waals surface area contributed by atoms with E-state index in [1.165, 1.54) is 0 Å². The molecule has 4 nitrogen and oxygen atoms in total. The van der Waals surface area contributed by atoms with Crippen molar-refractivity contribution >= 4 is 17.3 Å². The molecule has 4 heteroatoms. The summed E-state index contributed by atoms with van der Waals surface area (Å²) in [6, 6.07) is 17.2. The van der Waals surface area contributed by atoms with Crippen molar-refractivity contribution in [2.45, 2.75) is 25.1 Å². The zero-order chi connectivity index (χ0) is 15.3. The molecule has 0 bridgehead atoms. The monoisotopic (exact) mass is 292 g/mol. The number of aliphatic imine (C=N–C) groups is 1. The van der Waals surface area contributed by atoms with Gasteiger partial charge in [0.15, 0.2) is 5.78 Å². The van der Waals surface area contributed by atoms with E-state index >= 15 is 0 Å². The minimum atomic E-state index is -0.893. The third kappa shape index (κ3) is 1.56. The number of fused-ring (bicyclic) bond motifs is 3. The molecule has 2 aliphatic heterocycles. The largest absolute Gasteiger partial charge is 0.372 e. The molecule has 0 saturated carbocycles. The maximum absolute atomic E-state index is 13.2. The molecule has 0 aliphatic carbocycles. The molecule has 22 heavy (non-hydrogen) atoms. The second-order valence-electron chi connectivity index (χ2n) is 5.77. The number of nitrogens with zero attached hydrogens (tertiary/aromatic N) is 2. The fourth-order valence-electron chi connectivity index (χ4n) is 3.70. The van der Waals surface area contributed by atoms with Gasteiger partial charge in [-0.25, -0.2) is 4.99 Å². The van der Waals surface area contributed by atoms with E-state index in [1.54, 1.807) is 0 Å². The SMILES string of the molecule is CC1=N[C@@H](O)C[C@]2(c3ccccc3)C(=O)c3ccccc3N12. The summed E-state index contributed by atoms with van der Waals surface area (Å²) in [6.45, 7) is 1.84. The van der Waals surface area contributed by atoms with Gasteiger partial charge in [-0.15, -0.1) is 0 Å². The summed E-state index contributed by atoms with van der Waals surface area (Å²) in [5, 5.41) is 10.2. The molecule has 2 atom stereocenters. The standard InChI is InChI=1S/C18H16N2O2/c1-12-19-16(21)11-18(13-7-3-2-4-8-13)17(22)14-9-5-6-10-15(14)20(12)18/h2-10,16,21H,11H2,1H3/t16-,18-/m0/s1. The lowest BCUT2D eigenvalue weighted by Crippen LogP contribution is -2.54. The van der Waals surface area contributed by atoms with E-state index in [1.807, 2.05) is 66.4 Å². The number of carbonyl (C=O) groups is 1. The quantitative estimate of drug-likeness (QED) is 0.879. The Hall–Kier alpha value is -2.46. The zero-order valence-corrected chi connectivity index (χ0v) is 12.2. The summed E-state index contributed by atoms with van der Waals surface area (Å²) in [5.74, 6) is 0.698. The van der Waals surface area contributed by atoms with Crippen molar-refractivity contribution in [3.8, 4) is 0 Å². The lowest BCUT2D eigenvalue weighted by atomic mass is 9.80. The first-order valence-electron chi connectivity index (χ1n) is 7.36. The van der Waals surface area contributed by atoms with Crippen LogP contribution in [0.4, 0.5) is 5.69 Å². The van der Waals surface area contributed by atoms with Crippen LogP contribution in [0.3, 0.4) is 0 Å². The number of amidine groups is 1. The number of para-hydroxylation sites is 1. The predicted octanol–water partition coefficient (Wildman–Crippen LogP) is 2.73. The third-order valence-electron chi connectivity index (χ3n) is 4.54. The fourth-order valence-corrected chi connectivity index (χ4v) is 3.70. The van der Waals surface area contributed by atoms with Gasteiger partial charge < -0.3 is 10.0 Å². The molecule has 110 valence electrons. The van der Waals surface area contributed by atoms with Crippen LogP contribution < -0.4 is 4.90 Å². The molecular formula is C18H16N2O2. The van der Waals surface area contributed by atoms with Crippen molar-refractivity contribution in [1.29, 1.82) is 0 Å². The number of carbonyl (C=O) groups excluding carboxylic acids is 1. The predicted molar refractivity (Wildman–Crippen MR) is 85.1 cm³/mol. The summed E-state index contributed by atoms with van der Waals surface area (Å²) in [5.41, 5.74) is 1.56. The number of rotatable bonds is 1. The lowest BCUT2D eigenvalue weighted by molar-refractivity contribution is 0.0792. The average Bonchev–Trinajstić information content (AvgIpc) is 2.79. The minimum Gasteiger partial charge on any atom is -0.372 e. The van der Waals surface area contributed by atoms with Crippen molar-refractivity contribution < 1.29 is 9.90 Å². The van der Waals surface area contributed by atoms with Crippen LogP contribution in [0, 0.1) is 0 Å². The Morgan fingerprint density at radius 3 is 2.59 bits per heavy atom. The van der Waals surface area contributed by atoms with Crippen molar-refractivity contribution in [2.75, 3.05) is 4.90 Å². The summed E-state index contributed by atoms with van der Waals surface area (Å²) < 4.78 is 0. The average molecular weight is 292 g/mol. The van der Waals surface area contributed by atoms with Gasteiger partial charge in [0.1, 0.15) is 17.6 Å². The van der Waals surface area contributed by atoms with Gasteiger partial charge >= 0.3 is 0 Å². The number of hydrogen-bond acceptors (Lipinski definition) is 4. The fraction of sp³-hybridized carbons (Fsp3) is 0.222. The summed E-state index contributed by atoms with van der Waals surface area (Å²) in [6.07, 6.45) is -0.600. The number of hydrogen-bond donors (Lipinski definition) is 1. The van der Waals surface area contributed by atoms with E-state index < -0.39 is 11.8 Å². The maximum atomic E-state index is 13.2. The summed E-state index contributed by atoms with van der Waals surface area (Å²) in [7, 11) is 0. The smallest absolute Gasteiger partial charge is 0.195 e. The molecule has 0 amide bonds. The first-order chi connectivity index (χ1) is 10.6. The number of benzene rings is 2. The van der Waals surface area contributed by atoms with Crippen LogP contribution in [-0.4, -0.2) is 23.0 Å². The molecule has 0 radical (unpaired) electrons. The topological polar surface area (TPSA) is 52.9 Å². The van der Waals surface area contributed by atoms with Crippen LogP contribution in [0.1, 0.15) is 29.3 Å². The molecule has 4 rings (SSSR count). The van der Waals surface area contributed by atoms with E-state index in [2.05, 4.69) is 4.99 Å². The highest BCUT2D eigenvalue weighted by Crippen LogP contribution is 2.49. The first kappa shape index (κ1) is 13.2. The highest BCUT2D eigenvalue weighted by Gasteiger charge is 2.56. The Morgan fingerprint density at radius 1 is 1.14 bits per heavy atom. The second kappa shape index (κ2) is 4.52. The van der Waals surface area contributed by atoms with Crippen LogP contribution >= 0.6 is 0 Å². The number of Topliss-reactive ketones (excluding diaryl/α,β-unsaturated/α-hetero) is 1. The van der Waals surface area contributed by atoms with Gasteiger partial charge in [-0.2, -0.15) is 0 Å². The van der Waals surface area contributed by atoms with Gasteiger partial charge in [-0.1, -0.05) is 42.5 Å². The number of aliphatic hydroxyl groups is 1. The Balaban J connectivity index is 2.03. The van der Waals surface area contributed by atoms with Gasteiger partial charge in [-0.05, 0) is 24.6 Å². The number of aliphatic hydroxyl groups excluding tert-OH is 1. The van der Waals surface area contributed by atoms with Crippen LogP contribution in [0.5, 0.6) is 0 Å². The van der Waals surface area contributed by atoms with E-state index in [0.29, 0.717) is 11.4 Å². The maximum Gasteiger partial charge on any atom is 0.195 e. The first-order valence-corrected chi connectivity index (χ1v) is 7.36. The number of ketones is 1. The lowest BCUT2D eigenvalue weighted by Gasteiger charge is -2.43. The normalized spacial score (nSPS) is 26.5. The molecule has 2 heterocycles. The summed E-state index contributed by atoms with van der Waals surface area (Å²) in [4.78, 5) is 19.5. The van der Waals surface area contributed by atoms with E-state index in [4.69, 9.17) is 0 Å². The van der Waals surface area contributed by atoms with Crippen LogP contribution in [-0.2, 0) is 5.54 Å². The molecule has 2 aliphatic rings. The van der Waals surface area contributed by atoms with Crippen molar-refractivity contribution in [3.05, 3.63) is 65.7 Å². The van der Waals surface area contributed by atoms with Crippen LogP contribution in [0.2, 0.25) is 0 Å². The molecule has 2 aromatic rings. The van der Waals surface area contributed by atoms with Crippen LogP contribution in [0.15, 0.2) is 59.6 Å². The Labute approximate surface area is 128 Å². The van der Waals surface area contributed by atoms with Gasteiger partial charge in [0.2, 0.25) is 0 Å². The molecule has 0 fully saturated rings. The molecule has 0 saturated heterocycles. The van der Waals surface area contributed by atoms with Crippen molar-refractivity contribution in [2.24, 2.45) is 4.99 Å². The van der Waals surface area contributed by atoms with Gasteiger partial charge in [0.25, 0.3) is 0 Å². The van der Waals surface area contributed by atoms with Crippen molar-refractivity contribution in [3.63, 3.8) is 0 Å². The van der Waals surface area contributed by atoms with Crippen LogP contribution in [0.25, 0.3) is 0 Å². The summed E-state index contributed by atoms with van der Waals surface area (Å²) >= 11 is 0. The van der Waals surface area contributed by atoms with Gasteiger partial charge in [0.05, 0.1) is 5.69 Å². The zero-order valence-electron chi connectivity index (χ0n) is 12.2. The molecule has 0 aromatic heterocycles. The molecular weight excluding hydrogens is 276 g/mol. The van der Waals surface area contributed by atoms with E-state index in [0.717, 1.165) is 11.3 Å². The Kier molecular flexibility index (Phi) is 2.71. The Morgan fingerprint density at radius 2 is 1.82 bits per heavy atom. The molecule has 1 N–H and O–H groups in total.